The summed E-state index contributed by atoms with van der Waals surface area (Å²) < 4.78 is 0. The van der Waals surface area contributed by atoms with E-state index in [0.717, 1.165) is 23.7 Å². The minimum Gasteiger partial charge on any atom is -0.330 e. The third-order valence-corrected chi connectivity index (χ3v) is 3.35. The average Bonchev–Trinajstić information content (AvgIpc) is 2.23. The van der Waals surface area contributed by atoms with Gasteiger partial charge in [-0.1, -0.05) is 37.6 Å². The van der Waals surface area contributed by atoms with Crippen molar-refractivity contribution in [3.63, 3.8) is 0 Å². The summed E-state index contributed by atoms with van der Waals surface area (Å²) >= 11 is 6.12. The van der Waals surface area contributed by atoms with Gasteiger partial charge in [0.25, 0.3) is 0 Å². The van der Waals surface area contributed by atoms with E-state index < -0.39 is 0 Å². The van der Waals surface area contributed by atoms with Crippen molar-refractivity contribution in [3.8, 4) is 0 Å². The van der Waals surface area contributed by atoms with Gasteiger partial charge in [0.2, 0.25) is 0 Å². The Kier molecular flexibility index (Phi) is 4.99. The number of rotatable bonds is 5. The highest BCUT2D eigenvalue weighted by Crippen LogP contribution is 2.19. The van der Waals surface area contributed by atoms with Crippen LogP contribution in [0.1, 0.15) is 25.0 Å². The van der Waals surface area contributed by atoms with E-state index in [1.54, 1.807) is 0 Å². The fourth-order valence-electron chi connectivity index (χ4n) is 1.90. The van der Waals surface area contributed by atoms with Crippen LogP contribution < -0.4 is 5.73 Å². The van der Waals surface area contributed by atoms with Crippen molar-refractivity contribution in [2.45, 2.75) is 27.3 Å². The molecule has 0 unspecified atom stereocenters. The number of benzene rings is 1. The van der Waals surface area contributed by atoms with Crippen molar-refractivity contribution >= 4 is 11.6 Å². The summed E-state index contributed by atoms with van der Waals surface area (Å²) in [6, 6.07) is 6.25. The van der Waals surface area contributed by atoms with Crippen LogP contribution in [-0.4, -0.2) is 25.0 Å². The molecule has 0 aliphatic carbocycles. The molecule has 0 heterocycles. The molecule has 0 fully saturated rings. The molecule has 0 radical (unpaired) electrons. The van der Waals surface area contributed by atoms with Gasteiger partial charge in [0.1, 0.15) is 0 Å². The first-order chi connectivity index (χ1) is 7.84. The fraction of sp³-hybridized carbons (Fsp3) is 0.571. The maximum Gasteiger partial charge on any atom is 0.0438 e. The van der Waals surface area contributed by atoms with Gasteiger partial charge in [-0.2, -0.15) is 0 Å². The zero-order valence-corrected chi connectivity index (χ0v) is 12.0. The summed E-state index contributed by atoms with van der Waals surface area (Å²) in [6.45, 7) is 8.98. The third kappa shape index (κ3) is 4.66. The predicted molar refractivity (Wildman–Crippen MR) is 75.4 cm³/mol. The normalized spacial score (nSPS) is 12.2. The second-order valence-corrected chi connectivity index (χ2v) is 6.03. The van der Waals surface area contributed by atoms with Crippen LogP contribution in [0, 0.1) is 12.3 Å². The molecule has 0 aliphatic rings. The maximum atomic E-state index is 6.12. The molecule has 0 spiro atoms. The first-order valence-corrected chi connectivity index (χ1v) is 6.35. The number of halogens is 1. The molecule has 17 heavy (non-hydrogen) atoms. The highest BCUT2D eigenvalue weighted by molar-refractivity contribution is 6.31. The topological polar surface area (TPSA) is 29.3 Å². The zero-order chi connectivity index (χ0) is 13.1. The SMILES string of the molecule is Cc1ccc(CN(C)CC(C)(C)CN)cc1Cl. The zero-order valence-electron chi connectivity index (χ0n) is 11.3. The van der Waals surface area contributed by atoms with Gasteiger partial charge >= 0.3 is 0 Å². The molecule has 0 bridgehead atoms. The maximum absolute atomic E-state index is 6.12. The lowest BCUT2D eigenvalue weighted by Gasteiger charge is -2.29. The van der Waals surface area contributed by atoms with Crippen LogP contribution in [0.15, 0.2) is 18.2 Å². The van der Waals surface area contributed by atoms with Crippen LogP contribution in [0.5, 0.6) is 0 Å². The minimum absolute atomic E-state index is 0.156. The smallest absolute Gasteiger partial charge is 0.0438 e. The van der Waals surface area contributed by atoms with Crippen molar-refractivity contribution in [2.24, 2.45) is 11.1 Å². The Hall–Kier alpha value is -0.570. The Labute approximate surface area is 110 Å². The van der Waals surface area contributed by atoms with Crippen molar-refractivity contribution < 1.29 is 0 Å². The van der Waals surface area contributed by atoms with E-state index in [2.05, 4.69) is 37.9 Å². The molecule has 0 saturated carbocycles. The Balaban J connectivity index is 2.62. The summed E-state index contributed by atoms with van der Waals surface area (Å²) in [5.41, 5.74) is 8.27. The Morgan fingerprint density at radius 2 is 2.00 bits per heavy atom. The number of hydrogen-bond acceptors (Lipinski definition) is 2. The van der Waals surface area contributed by atoms with Crippen molar-refractivity contribution in [1.82, 2.24) is 4.90 Å². The van der Waals surface area contributed by atoms with E-state index in [9.17, 15) is 0 Å². The molecule has 2 N–H and O–H groups in total. The molecule has 0 aromatic heterocycles. The van der Waals surface area contributed by atoms with Gasteiger partial charge in [0, 0.05) is 18.1 Å². The standard InChI is InChI=1S/C14H23ClN2/c1-11-5-6-12(7-13(11)15)8-17(4)10-14(2,3)9-16/h5-7H,8-10,16H2,1-4H3. The first kappa shape index (κ1) is 14.5. The molecule has 96 valence electrons. The molecule has 0 amide bonds. The van der Waals surface area contributed by atoms with E-state index in [0.29, 0.717) is 6.54 Å². The molecule has 0 saturated heterocycles. The average molecular weight is 255 g/mol. The summed E-state index contributed by atoms with van der Waals surface area (Å²) in [6.07, 6.45) is 0. The molecule has 3 heteroatoms. The molecule has 1 aromatic carbocycles. The van der Waals surface area contributed by atoms with E-state index in [-0.39, 0.29) is 5.41 Å². The Bertz CT molecular complexity index is 374. The number of nitrogens with zero attached hydrogens (tertiary/aromatic N) is 1. The highest BCUT2D eigenvalue weighted by Gasteiger charge is 2.18. The van der Waals surface area contributed by atoms with Gasteiger partial charge in [-0.25, -0.2) is 0 Å². The number of aryl methyl sites for hydroxylation is 1. The van der Waals surface area contributed by atoms with Gasteiger partial charge in [-0.05, 0) is 43.1 Å². The molecule has 0 atom stereocenters. The second kappa shape index (κ2) is 5.85. The fourth-order valence-corrected chi connectivity index (χ4v) is 2.10. The van der Waals surface area contributed by atoms with Gasteiger partial charge < -0.3 is 10.6 Å². The summed E-state index contributed by atoms with van der Waals surface area (Å²) in [5, 5.41) is 0.842. The van der Waals surface area contributed by atoms with E-state index >= 15 is 0 Å². The van der Waals surface area contributed by atoms with Crippen LogP contribution in [0.25, 0.3) is 0 Å². The lowest BCUT2D eigenvalue weighted by molar-refractivity contribution is 0.210. The molecule has 0 aliphatic heterocycles. The second-order valence-electron chi connectivity index (χ2n) is 5.62. The number of nitrogens with two attached hydrogens (primary N) is 1. The van der Waals surface area contributed by atoms with E-state index in [1.165, 1.54) is 5.56 Å². The predicted octanol–water partition coefficient (Wildman–Crippen LogP) is 3.07. The quantitative estimate of drug-likeness (QED) is 0.875. The summed E-state index contributed by atoms with van der Waals surface area (Å²) in [5.74, 6) is 0. The monoisotopic (exact) mass is 254 g/mol. The Morgan fingerprint density at radius 3 is 2.53 bits per heavy atom. The van der Waals surface area contributed by atoms with Crippen molar-refractivity contribution in [1.29, 1.82) is 0 Å². The lowest BCUT2D eigenvalue weighted by Crippen LogP contribution is -2.36. The van der Waals surface area contributed by atoms with Crippen molar-refractivity contribution in [2.75, 3.05) is 20.1 Å². The molecule has 2 nitrogen and oxygen atoms in total. The minimum atomic E-state index is 0.156. The lowest BCUT2D eigenvalue weighted by atomic mass is 9.93. The van der Waals surface area contributed by atoms with E-state index in [1.807, 2.05) is 13.0 Å². The van der Waals surface area contributed by atoms with Gasteiger partial charge in [0.05, 0.1) is 0 Å². The highest BCUT2D eigenvalue weighted by atomic mass is 35.5. The van der Waals surface area contributed by atoms with Gasteiger partial charge in [-0.15, -0.1) is 0 Å². The largest absolute Gasteiger partial charge is 0.330 e. The van der Waals surface area contributed by atoms with Crippen LogP contribution >= 0.6 is 11.6 Å². The number of hydrogen-bond donors (Lipinski definition) is 1. The van der Waals surface area contributed by atoms with Gasteiger partial charge in [-0.3, -0.25) is 0 Å². The molecular weight excluding hydrogens is 232 g/mol. The van der Waals surface area contributed by atoms with Gasteiger partial charge in [0.15, 0.2) is 0 Å². The Morgan fingerprint density at radius 1 is 1.35 bits per heavy atom. The van der Waals surface area contributed by atoms with Crippen molar-refractivity contribution in [3.05, 3.63) is 34.3 Å². The van der Waals surface area contributed by atoms with E-state index in [4.69, 9.17) is 17.3 Å². The van der Waals surface area contributed by atoms with Crippen LogP contribution in [-0.2, 0) is 6.54 Å². The summed E-state index contributed by atoms with van der Waals surface area (Å²) in [4.78, 5) is 2.29. The summed E-state index contributed by atoms with van der Waals surface area (Å²) in [7, 11) is 2.12. The first-order valence-electron chi connectivity index (χ1n) is 5.98. The molecule has 1 rings (SSSR count). The van der Waals surface area contributed by atoms with Crippen LogP contribution in [0.2, 0.25) is 5.02 Å². The molecular formula is C14H23ClN2. The van der Waals surface area contributed by atoms with Crippen LogP contribution in [0.4, 0.5) is 0 Å². The molecule has 1 aromatic rings. The third-order valence-electron chi connectivity index (χ3n) is 2.94. The van der Waals surface area contributed by atoms with Crippen LogP contribution in [0.3, 0.4) is 0 Å².